The summed E-state index contributed by atoms with van der Waals surface area (Å²) in [6.07, 6.45) is 1.46. The van der Waals surface area contributed by atoms with Crippen molar-refractivity contribution in [3.63, 3.8) is 0 Å². The van der Waals surface area contributed by atoms with E-state index in [0.717, 1.165) is 22.0 Å². The average Bonchev–Trinajstić information content (AvgIpc) is 3.18. The number of carbonyl (C=O) groups is 1. The van der Waals surface area contributed by atoms with Crippen molar-refractivity contribution in [1.29, 1.82) is 0 Å². The van der Waals surface area contributed by atoms with Gasteiger partial charge >= 0.3 is 0 Å². The van der Waals surface area contributed by atoms with E-state index in [1.165, 1.54) is 11.0 Å². The average molecular weight is 406 g/mol. The normalized spacial score (nSPS) is 11.2. The topological polar surface area (TPSA) is 98.0 Å². The van der Waals surface area contributed by atoms with Gasteiger partial charge in [0.1, 0.15) is 11.7 Å². The summed E-state index contributed by atoms with van der Waals surface area (Å²) in [6, 6.07) is 17.1. The van der Waals surface area contributed by atoms with Gasteiger partial charge in [-0.1, -0.05) is 60.1 Å². The second kappa shape index (κ2) is 8.15. The number of fused-ring (bicyclic) bond motifs is 1. The number of hydrazone groups is 1. The summed E-state index contributed by atoms with van der Waals surface area (Å²) in [5, 5.41) is 17.2. The van der Waals surface area contributed by atoms with E-state index in [9.17, 15) is 4.79 Å². The fourth-order valence-corrected chi connectivity index (χ4v) is 2.97. The highest BCUT2D eigenvalue weighted by Gasteiger charge is 2.09. The highest BCUT2D eigenvalue weighted by atomic mass is 35.5. The Balaban J connectivity index is 1.41. The predicted octanol–water partition coefficient (Wildman–Crippen LogP) is 3.00. The van der Waals surface area contributed by atoms with Crippen LogP contribution in [-0.4, -0.2) is 37.3 Å². The van der Waals surface area contributed by atoms with Crippen LogP contribution in [0, 0.1) is 6.92 Å². The zero-order chi connectivity index (χ0) is 20.2. The summed E-state index contributed by atoms with van der Waals surface area (Å²) >= 11 is 6.23. The molecule has 0 unspecified atom stereocenters. The van der Waals surface area contributed by atoms with Crippen LogP contribution in [0.1, 0.15) is 11.1 Å². The number of nitrogens with one attached hydrogen (secondary N) is 1. The number of carbonyl (C=O) groups excluding carboxylic acids is 1. The Labute approximate surface area is 171 Å². The molecule has 8 nitrogen and oxygen atoms in total. The molecule has 4 aromatic rings. The molecule has 0 radical (unpaired) electrons. The van der Waals surface area contributed by atoms with Gasteiger partial charge in [0.05, 0.1) is 11.7 Å². The van der Waals surface area contributed by atoms with Crippen LogP contribution in [0.25, 0.3) is 22.3 Å². The lowest BCUT2D eigenvalue weighted by atomic mass is 10.1. The minimum atomic E-state index is -0.390. The first kappa shape index (κ1) is 18.7. The van der Waals surface area contributed by atoms with E-state index in [1.54, 1.807) is 0 Å². The van der Waals surface area contributed by atoms with Crippen molar-refractivity contribution >= 4 is 34.6 Å². The van der Waals surface area contributed by atoms with Gasteiger partial charge in [-0.25, -0.2) is 10.4 Å². The summed E-state index contributed by atoms with van der Waals surface area (Å²) < 4.78 is 0. The predicted molar refractivity (Wildman–Crippen MR) is 110 cm³/mol. The van der Waals surface area contributed by atoms with Crippen molar-refractivity contribution in [2.45, 2.75) is 13.5 Å². The number of para-hydroxylation sites is 1. The number of tetrazole rings is 1. The van der Waals surface area contributed by atoms with Crippen molar-refractivity contribution in [1.82, 2.24) is 30.6 Å². The van der Waals surface area contributed by atoms with Crippen LogP contribution >= 0.6 is 11.6 Å². The first-order valence-corrected chi connectivity index (χ1v) is 9.19. The molecule has 2 heterocycles. The SMILES string of the molecule is Cc1cccc2cc(/C=N\NC(=O)Cn3nnc(-c4ccccc4)n3)c(Cl)nc12. The number of hydrogen-bond acceptors (Lipinski definition) is 6. The van der Waals surface area contributed by atoms with Crippen LogP contribution in [0.5, 0.6) is 0 Å². The number of halogens is 1. The summed E-state index contributed by atoms with van der Waals surface area (Å²) in [6.45, 7) is 1.86. The Kier molecular flexibility index (Phi) is 5.26. The molecule has 0 bridgehead atoms. The van der Waals surface area contributed by atoms with E-state index in [2.05, 4.69) is 30.9 Å². The van der Waals surface area contributed by atoms with Crippen molar-refractivity contribution < 1.29 is 4.79 Å². The Morgan fingerprint density at radius 3 is 2.86 bits per heavy atom. The Morgan fingerprint density at radius 2 is 2.03 bits per heavy atom. The maximum Gasteiger partial charge on any atom is 0.263 e. The van der Waals surface area contributed by atoms with Gasteiger partial charge in [0.2, 0.25) is 5.82 Å². The van der Waals surface area contributed by atoms with Gasteiger partial charge in [0.15, 0.2) is 0 Å². The maximum atomic E-state index is 12.1. The molecule has 0 aliphatic heterocycles. The molecule has 0 aliphatic rings. The molecule has 1 N–H and O–H groups in total. The molecule has 0 atom stereocenters. The van der Waals surface area contributed by atoms with E-state index in [0.29, 0.717) is 16.5 Å². The lowest BCUT2D eigenvalue weighted by Crippen LogP contribution is -2.24. The maximum absolute atomic E-state index is 12.1. The molecular formula is C20H16ClN7O. The molecule has 0 saturated carbocycles. The molecule has 0 fully saturated rings. The van der Waals surface area contributed by atoms with Gasteiger partial charge < -0.3 is 0 Å². The van der Waals surface area contributed by atoms with Crippen molar-refractivity contribution in [2.75, 3.05) is 0 Å². The third kappa shape index (κ3) is 4.27. The number of pyridine rings is 1. The Hall–Kier alpha value is -3.65. The smallest absolute Gasteiger partial charge is 0.263 e. The lowest BCUT2D eigenvalue weighted by Gasteiger charge is -2.04. The van der Waals surface area contributed by atoms with E-state index >= 15 is 0 Å². The largest absolute Gasteiger partial charge is 0.271 e. The van der Waals surface area contributed by atoms with Gasteiger partial charge in [-0.15, -0.1) is 10.2 Å². The van der Waals surface area contributed by atoms with Crippen molar-refractivity contribution in [3.8, 4) is 11.4 Å². The molecule has 9 heteroatoms. The first-order chi connectivity index (χ1) is 14.1. The number of hydrogen-bond donors (Lipinski definition) is 1. The third-order valence-electron chi connectivity index (χ3n) is 4.19. The molecule has 1 amide bonds. The number of amides is 1. The molecular weight excluding hydrogens is 390 g/mol. The third-order valence-corrected chi connectivity index (χ3v) is 4.49. The Bertz CT molecular complexity index is 1200. The van der Waals surface area contributed by atoms with Gasteiger partial charge in [-0.05, 0) is 23.8 Å². The van der Waals surface area contributed by atoms with Crippen molar-refractivity contribution in [3.05, 3.63) is 70.9 Å². The molecule has 0 spiro atoms. The standard InChI is InChI=1S/C20H16ClN7O/c1-13-6-5-9-15-10-16(19(21)23-18(13)15)11-22-24-17(29)12-28-26-20(25-27-28)14-7-3-2-4-8-14/h2-11H,12H2,1H3,(H,24,29)/b22-11-. The minimum absolute atomic E-state index is 0.111. The zero-order valence-corrected chi connectivity index (χ0v) is 16.2. The summed E-state index contributed by atoms with van der Waals surface area (Å²) in [5.74, 6) is 0.0604. The second-order valence-corrected chi connectivity index (χ2v) is 6.68. The van der Waals surface area contributed by atoms with Crippen LogP contribution in [0.4, 0.5) is 0 Å². The molecule has 4 rings (SSSR count). The van der Waals surface area contributed by atoms with Gasteiger partial charge in [-0.3, -0.25) is 4.79 Å². The molecule has 144 valence electrons. The highest BCUT2D eigenvalue weighted by molar-refractivity contribution is 6.32. The van der Waals surface area contributed by atoms with E-state index in [4.69, 9.17) is 11.6 Å². The lowest BCUT2D eigenvalue weighted by molar-refractivity contribution is -0.122. The van der Waals surface area contributed by atoms with Gasteiger partial charge in [-0.2, -0.15) is 9.90 Å². The summed E-state index contributed by atoms with van der Waals surface area (Å²) in [4.78, 5) is 17.7. The number of benzene rings is 2. The highest BCUT2D eigenvalue weighted by Crippen LogP contribution is 2.21. The fourth-order valence-electron chi connectivity index (χ4n) is 2.78. The van der Waals surface area contributed by atoms with E-state index in [-0.39, 0.29) is 12.5 Å². The van der Waals surface area contributed by atoms with Gasteiger partial charge in [0.25, 0.3) is 5.91 Å². The number of aromatic nitrogens is 5. The molecule has 29 heavy (non-hydrogen) atoms. The summed E-state index contributed by atoms with van der Waals surface area (Å²) in [7, 11) is 0. The van der Waals surface area contributed by atoms with Crippen LogP contribution in [0.15, 0.2) is 59.7 Å². The summed E-state index contributed by atoms with van der Waals surface area (Å²) in [5.41, 5.74) is 5.74. The second-order valence-electron chi connectivity index (χ2n) is 6.32. The molecule has 2 aromatic carbocycles. The minimum Gasteiger partial charge on any atom is -0.271 e. The van der Waals surface area contributed by atoms with Gasteiger partial charge in [0, 0.05) is 16.5 Å². The monoisotopic (exact) mass is 405 g/mol. The number of aryl methyl sites for hydroxylation is 1. The fraction of sp³-hybridized carbons (Fsp3) is 0.100. The molecule has 0 saturated heterocycles. The Morgan fingerprint density at radius 1 is 1.21 bits per heavy atom. The van der Waals surface area contributed by atoms with Crippen LogP contribution in [0.2, 0.25) is 5.15 Å². The first-order valence-electron chi connectivity index (χ1n) is 8.81. The zero-order valence-electron chi connectivity index (χ0n) is 15.5. The van der Waals surface area contributed by atoms with E-state index in [1.807, 2.05) is 61.5 Å². The molecule has 0 aliphatic carbocycles. The molecule has 2 aromatic heterocycles. The van der Waals surface area contributed by atoms with Crippen molar-refractivity contribution in [2.24, 2.45) is 5.10 Å². The van der Waals surface area contributed by atoms with Crippen LogP contribution in [0.3, 0.4) is 0 Å². The van der Waals surface area contributed by atoms with E-state index < -0.39 is 0 Å². The number of nitrogens with zero attached hydrogens (tertiary/aromatic N) is 6. The quantitative estimate of drug-likeness (QED) is 0.312. The van der Waals surface area contributed by atoms with Crippen LogP contribution in [-0.2, 0) is 11.3 Å². The van der Waals surface area contributed by atoms with Crippen LogP contribution < -0.4 is 5.43 Å². The number of rotatable bonds is 5.